The number of nitrogens with two attached hydrogens (primary N) is 1. The van der Waals surface area contributed by atoms with Crippen LogP contribution < -0.4 is 5.73 Å². The molecule has 1 fully saturated rings. The highest BCUT2D eigenvalue weighted by Gasteiger charge is 2.28. The first kappa shape index (κ1) is 9.21. The molecule has 0 aliphatic heterocycles. The monoisotopic (exact) mass is 243 g/mol. The molecule has 0 atom stereocenters. The molecule has 13 heavy (non-hydrogen) atoms. The van der Waals surface area contributed by atoms with E-state index in [1.807, 2.05) is 6.20 Å². The Balaban J connectivity index is 2.14. The van der Waals surface area contributed by atoms with Crippen LogP contribution in [0.4, 0.5) is 0 Å². The van der Waals surface area contributed by atoms with E-state index in [9.17, 15) is 0 Å². The smallest absolute Gasteiger partial charge is 0.112 e. The maximum absolute atomic E-state index is 5.49. The van der Waals surface area contributed by atoms with Crippen LogP contribution in [0.15, 0.2) is 10.8 Å². The van der Waals surface area contributed by atoms with E-state index in [4.69, 9.17) is 5.73 Å². The lowest BCUT2D eigenvalue weighted by Gasteiger charge is -2.07. The highest BCUT2D eigenvalue weighted by atomic mass is 79.9. The largest absolute Gasteiger partial charge is 0.330 e. The van der Waals surface area contributed by atoms with Crippen molar-refractivity contribution in [3.05, 3.63) is 16.6 Å². The molecule has 0 saturated heterocycles. The second kappa shape index (κ2) is 3.80. The fourth-order valence-electron chi connectivity index (χ4n) is 1.51. The van der Waals surface area contributed by atoms with Crippen LogP contribution in [0.1, 0.15) is 31.0 Å². The van der Waals surface area contributed by atoms with Crippen LogP contribution in [0, 0.1) is 0 Å². The maximum Gasteiger partial charge on any atom is 0.112 e. The van der Waals surface area contributed by atoms with Gasteiger partial charge in [0.25, 0.3) is 0 Å². The van der Waals surface area contributed by atoms with E-state index in [-0.39, 0.29) is 0 Å². The minimum absolute atomic E-state index is 0.712. The van der Waals surface area contributed by atoms with Gasteiger partial charge in [-0.3, -0.25) is 0 Å². The summed E-state index contributed by atoms with van der Waals surface area (Å²) in [6.45, 7) is 1.73. The molecular formula is C9H14BrN3. The van der Waals surface area contributed by atoms with Gasteiger partial charge in [0.1, 0.15) is 10.4 Å². The first-order valence-corrected chi connectivity index (χ1v) is 5.53. The molecule has 1 aliphatic carbocycles. The van der Waals surface area contributed by atoms with Crippen molar-refractivity contribution in [3.8, 4) is 0 Å². The lowest BCUT2D eigenvalue weighted by atomic mass is 10.3. The van der Waals surface area contributed by atoms with Crippen molar-refractivity contribution in [2.24, 2.45) is 5.73 Å². The lowest BCUT2D eigenvalue weighted by molar-refractivity contribution is 0.609. The van der Waals surface area contributed by atoms with E-state index in [2.05, 4.69) is 25.5 Å². The van der Waals surface area contributed by atoms with Crippen LogP contribution in [-0.2, 0) is 6.54 Å². The zero-order chi connectivity index (χ0) is 9.26. The third-order valence-electron chi connectivity index (χ3n) is 2.37. The van der Waals surface area contributed by atoms with Gasteiger partial charge in [-0.25, -0.2) is 4.98 Å². The third-order valence-corrected chi connectivity index (χ3v) is 3.00. The molecule has 0 bridgehead atoms. The summed E-state index contributed by atoms with van der Waals surface area (Å²) < 4.78 is 3.33. The van der Waals surface area contributed by atoms with Gasteiger partial charge in [-0.15, -0.1) is 0 Å². The fourth-order valence-corrected chi connectivity index (χ4v) is 1.97. The summed E-state index contributed by atoms with van der Waals surface area (Å²) in [5.41, 5.74) is 5.49. The minimum atomic E-state index is 0.712. The van der Waals surface area contributed by atoms with Gasteiger partial charge in [-0.05, 0) is 41.7 Å². The summed E-state index contributed by atoms with van der Waals surface area (Å²) in [6, 6.07) is 0. The van der Waals surface area contributed by atoms with Crippen LogP contribution in [0.25, 0.3) is 0 Å². The standard InChI is InChI=1S/C9H14BrN3/c10-8-6-12-9(7-2-3-7)13(8)5-1-4-11/h6-7H,1-5,11H2. The zero-order valence-electron chi connectivity index (χ0n) is 7.54. The number of halogens is 1. The first-order chi connectivity index (χ1) is 6.33. The molecule has 72 valence electrons. The molecule has 1 aliphatic rings. The van der Waals surface area contributed by atoms with Gasteiger partial charge in [0.2, 0.25) is 0 Å². The molecule has 1 aromatic heterocycles. The quantitative estimate of drug-likeness (QED) is 0.878. The van der Waals surface area contributed by atoms with Crippen molar-refractivity contribution in [2.45, 2.75) is 31.7 Å². The van der Waals surface area contributed by atoms with E-state index in [1.165, 1.54) is 18.7 Å². The Kier molecular flexibility index (Phi) is 2.69. The van der Waals surface area contributed by atoms with E-state index < -0.39 is 0 Å². The van der Waals surface area contributed by atoms with Crippen molar-refractivity contribution >= 4 is 15.9 Å². The topological polar surface area (TPSA) is 43.8 Å². The zero-order valence-corrected chi connectivity index (χ0v) is 9.13. The highest BCUT2D eigenvalue weighted by molar-refractivity contribution is 9.10. The van der Waals surface area contributed by atoms with Crippen LogP contribution in [0.2, 0.25) is 0 Å². The Labute approximate surface area is 86.5 Å². The van der Waals surface area contributed by atoms with Gasteiger partial charge in [0.15, 0.2) is 0 Å². The average Bonchev–Trinajstić information content (AvgIpc) is 2.89. The predicted octanol–water partition coefficient (Wildman–Crippen LogP) is 1.87. The number of imidazole rings is 1. The Morgan fingerprint density at radius 3 is 3.00 bits per heavy atom. The summed E-state index contributed by atoms with van der Waals surface area (Å²) in [6.07, 6.45) is 5.51. The first-order valence-electron chi connectivity index (χ1n) is 4.74. The normalized spacial score (nSPS) is 16.5. The lowest BCUT2D eigenvalue weighted by Crippen LogP contribution is -2.08. The summed E-state index contributed by atoms with van der Waals surface area (Å²) in [4.78, 5) is 4.41. The average molecular weight is 244 g/mol. The van der Waals surface area contributed by atoms with Crippen molar-refractivity contribution in [3.63, 3.8) is 0 Å². The number of hydrogen-bond donors (Lipinski definition) is 1. The van der Waals surface area contributed by atoms with Crippen LogP contribution in [0.3, 0.4) is 0 Å². The molecule has 0 amide bonds. The van der Waals surface area contributed by atoms with Gasteiger partial charge in [0, 0.05) is 12.5 Å². The second-order valence-corrected chi connectivity index (χ2v) is 4.32. The van der Waals surface area contributed by atoms with E-state index in [1.54, 1.807) is 0 Å². The summed E-state index contributed by atoms with van der Waals surface area (Å²) >= 11 is 3.50. The Bertz CT molecular complexity index is 291. The highest BCUT2D eigenvalue weighted by Crippen LogP contribution is 2.40. The number of rotatable bonds is 4. The molecule has 2 N–H and O–H groups in total. The summed E-state index contributed by atoms with van der Waals surface area (Å²) in [7, 11) is 0. The molecule has 0 radical (unpaired) electrons. The van der Waals surface area contributed by atoms with Gasteiger partial charge in [0.05, 0.1) is 6.20 Å². The number of hydrogen-bond acceptors (Lipinski definition) is 2. The molecule has 4 heteroatoms. The Hall–Kier alpha value is -0.350. The van der Waals surface area contributed by atoms with Gasteiger partial charge < -0.3 is 10.3 Å². The number of nitrogens with zero attached hydrogens (tertiary/aromatic N) is 2. The van der Waals surface area contributed by atoms with Crippen molar-refractivity contribution in [1.29, 1.82) is 0 Å². The molecule has 0 aromatic carbocycles. The fraction of sp³-hybridized carbons (Fsp3) is 0.667. The van der Waals surface area contributed by atoms with Crippen molar-refractivity contribution in [1.82, 2.24) is 9.55 Å². The van der Waals surface area contributed by atoms with Gasteiger partial charge in [-0.2, -0.15) is 0 Å². The summed E-state index contributed by atoms with van der Waals surface area (Å²) in [5, 5.41) is 0. The predicted molar refractivity (Wildman–Crippen MR) is 55.6 cm³/mol. The molecule has 2 rings (SSSR count). The Morgan fingerprint density at radius 2 is 2.38 bits per heavy atom. The van der Waals surface area contributed by atoms with Crippen LogP contribution >= 0.6 is 15.9 Å². The van der Waals surface area contributed by atoms with E-state index >= 15 is 0 Å². The van der Waals surface area contributed by atoms with E-state index in [0.29, 0.717) is 5.92 Å². The van der Waals surface area contributed by atoms with Crippen LogP contribution in [0.5, 0.6) is 0 Å². The Morgan fingerprint density at radius 1 is 1.62 bits per heavy atom. The molecule has 3 nitrogen and oxygen atoms in total. The molecule has 0 unspecified atom stereocenters. The molecule has 1 aromatic rings. The number of aromatic nitrogens is 2. The third kappa shape index (κ3) is 1.94. The second-order valence-electron chi connectivity index (χ2n) is 3.51. The van der Waals surface area contributed by atoms with E-state index in [0.717, 1.165) is 24.1 Å². The summed E-state index contributed by atoms with van der Waals surface area (Å²) in [5.74, 6) is 1.95. The SMILES string of the molecule is NCCCn1c(Br)cnc1C1CC1. The van der Waals surface area contributed by atoms with Crippen LogP contribution in [-0.4, -0.2) is 16.1 Å². The van der Waals surface area contributed by atoms with Crippen molar-refractivity contribution < 1.29 is 0 Å². The van der Waals surface area contributed by atoms with Gasteiger partial charge in [-0.1, -0.05) is 0 Å². The van der Waals surface area contributed by atoms with Gasteiger partial charge >= 0.3 is 0 Å². The van der Waals surface area contributed by atoms with Crippen molar-refractivity contribution in [2.75, 3.05) is 6.54 Å². The molecule has 1 heterocycles. The molecule has 0 spiro atoms. The minimum Gasteiger partial charge on any atom is -0.330 e. The maximum atomic E-state index is 5.49. The molecule has 1 saturated carbocycles. The molecular weight excluding hydrogens is 230 g/mol.